The van der Waals surface area contributed by atoms with Gasteiger partial charge in [-0.15, -0.1) is 11.3 Å². The van der Waals surface area contributed by atoms with E-state index in [1.807, 2.05) is 0 Å². The summed E-state index contributed by atoms with van der Waals surface area (Å²) in [4.78, 5) is 20.2. The molecule has 0 bridgehead atoms. The van der Waals surface area contributed by atoms with Crippen molar-refractivity contribution in [3.05, 3.63) is 63.7 Å². The van der Waals surface area contributed by atoms with Crippen molar-refractivity contribution in [1.29, 1.82) is 0 Å². The fraction of sp³-hybridized carbons (Fsp3) is 0.261. The summed E-state index contributed by atoms with van der Waals surface area (Å²) in [6, 6.07) is 6.13. The van der Waals surface area contributed by atoms with Gasteiger partial charge < -0.3 is 14.3 Å². The molecule has 0 radical (unpaired) electrons. The minimum Gasteiger partial charge on any atom is -0.488 e. The molecule has 2 aromatic heterocycles. The highest BCUT2D eigenvalue weighted by atomic mass is 32.1. The van der Waals surface area contributed by atoms with E-state index in [0.29, 0.717) is 39.5 Å². The van der Waals surface area contributed by atoms with Crippen molar-refractivity contribution in [2.24, 2.45) is 0 Å². The fourth-order valence-corrected chi connectivity index (χ4v) is 4.31. The average molecular weight is 494 g/mol. The lowest BCUT2D eigenvalue weighted by Gasteiger charge is -2.08. The molecule has 0 aliphatic heterocycles. The van der Waals surface area contributed by atoms with Crippen molar-refractivity contribution >= 4 is 28.4 Å². The van der Waals surface area contributed by atoms with E-state index >= 15 is 0 Å². The molecule has 0 atom stereocenters. The number of hydrogen-bond acceptors (Lipinski definition) is 6. The van der Waals surface area contributed by atoms with Gasteiger partial charge in [0.15, 0.2) is 11.5 Å². The molecule has 0 spiro atoms. The largest absolute Gasteiger partial charge is 0.488 e. The highest BCUT2D eigenvalue weighted by molar-refractivity contribution is 7.15. The Kier molecular flexibility index (Phi) is 6.30. The Hall–Kier alpha value is -3.47. The van der Waals surface area contributed by atoms with Crippen LogP contribution in [0.2, 0.25) is 0 Å². The smallest absolute Gasteiger partial charge is 0.419 e. The van der Waals surface area contributed by atoms with Crippen LogP contribution < -0.4 is 4.74 Å². The molecular weight excluding hydrogens is 476 g/mol. The Balaban J connectivity index is 1.52. The number of hydrogen-bond donors (Lipinski definition) is 1. The maximum absolute atomic E-state index is 14.0. The number of benzene rings is 2. The third-order valence-corrected chi connectivity index (χ3v) is 6.31. The van der Waals surface area contributed by atoms with Crippen molar-refractivity contribution in [1.82, 2.24) is 9.97 Å². The first-order chi connectivity index (χ1) is 16.0. The summed E-state index contributed by atoms with van der Waals surface area (Å²) in [5, 5.41) is 9.21. The molecule has 2 aromatic carbocycles. The number of carboxylic acid groups (broad SMARTS) is 1. The summed E-state index contributed by atoms with van der Waals surface area (Å²) < 4.78 is 63.9. The molecule has 0 saturated heterocycles. The molecule has 4 rings (SSSR count). The number of oxazole rings is 1. The molecule has 4 aromatic rings. The summed E-state index contributed by atoms with van der Waals surface area (Å²) >= 11 is 1.20. The second kappa shape index (κ2) is 9.05. The zero-order valence-electron chi connectivity index (χ0n) is 18.0. The Labute approximate surface area is 194 Å². The van der Waals surface area contributed by atoms with Gasteiger partial charge in [0.05, 0.1) is 22.6 Å². The molecule has 0 unspecified atom stereocenters. The number of aromatic nitrogens is 2. The van der Waals surface area contributed by atoms with Crippen LogP contribution in [0.25, 0.3) is 21.7 Å². The van der Waals surface area contributed by atoms with Crippen LogP contribution in [0.4, 0.5) is 17.6 Å². The maximum Gasteiger partial charge on any atom is 0.419 e. The van der Waals surface area contributed by atoms with E-state index in [0.717, 1.165) is 16.5 Å². The average Bonchev–Trinajstić information content (AvgIpc) is 3.34. The zero-order chi connectivity index (χ0) is 24.6. The van der Waals surface area contributed by atoms with Crippen LogP contribution in [-0.2, 0) is 24.0 Å². The number of carboxylic acids is 1. The molecule has 11 heteroatoms. The molecule has 0 aliphatic carbocycles. The molecule has 6 nitrogen and oxygen atoms in total. The molecule has 0 fully saturated rings. The second-order valence-corrected chi connectivity index (χ2v) is 8.63. The van der Waals surface area contributed by atoms with Crippen LogP contribution in [-0.4, -0.2) is 21.0 Å². The summed E-state index contributed by atoms with van der Waals surface area (Å²) in [7, 11) is 0. The SMILES string of the molecule is Cc1nc(-c2ccc(C(F)(F)F)c(F)c2)sc1COc1ccc2oc(CCC(=O)O)nc2c1C. The van der Waals surface area contributed by atoms with Crippen molar-refractivity contribution < 1.29 is 36.6 Å². The zero-order valence-corrected chi connectivity index (χ0v) is 18.8. The number of aryl methyl sites for hydroxylation is 3. The lowest BCUT2D eigenvalue weighted by molar-refractivity contribution is -0.140. The summed E-state index contributed by atoms with van der Waals surface area (Å²) in [5.41, 5.74) is 1.36. The van der Waals surface area contributed by atoms with Gasteiger partial charge in [-0.05, 0) is 38.1 Å². The third-order valence-electron chi connectivity index (χ3n) is 5.13. The Morgan fingerprint density at radius 3 is 2.62 bits per heavy atom. The predicted octanol–water partition coefficient (Wildman–Crippen LogP) is 6.32. The first-order valence-electron chi connectivity index (χ1n) is 10.1. The van der Waals surface area contributed by atoms with Gasteiger partial charge in [0.25, 0.3) is 0 Å². The summed E-state index contributed by atoms with van der Waals surface area (Å²) in [6.45, 7) is 3.68. The van der Waals surface area contributed by atoms with Crippen LogP contribution in [0.15, 0.2) is 34.7 Å². The lowest BCUT2D eigenvalue weighted by atomic mass is 10.1. The summed E-state index contributed by atoms with van der Waals surface area (Å²) in [5.74, 6) is -1.43. The number of alkyl halides is 3. The Morgan fingerprint density at radius 1 is 1.18 bits per heavy atom. The van der Waals surface area contributed by atoms with Gasteiger partial charge in [-0.1, -0.05) is 6.07 Å². The monoisotopic (exact) mass is 494 g/mol. The number of nitrogens with zero attached hydrogens (tertiary/aromatic N) is 2. The number of aliphatic carboxylic acids is 1. The topological polar surface area (TPSA) is 85.5 Å². The highest BCUT2D eigenvalue weighted by Crippen LogP contribution is 2.36. The van der Waals surface area contributed by atoms with Gasteiger partial charge in [0, 0.05) is 17.5 Å². The van der Waals surface area contributed by atoms with E-state index in [2.05, 4.69) is 9.97 Å². The van der Waals surface area contributed by atoms with Crippen molar-refractivity contribution in [3.8, 4) is 16.3 Å². The second-order valence-electron chi connectivity index (χ2n) is 7.55. The van der Waals surface area contributed by atoms with Gasteiger partial charge >= 0.3 is 12.1 Å². The van der Waals surface area contributed by atoms with Crippen LogP contribution in [0.3, 0.4) is 0 Å². The molecular formula is C23H18F4N2O4S. The van der Waals surface area contributed by atoms with E-state index in [4.69, 9.17) is 14.3 Å². The van der Waals surface area contributed by atoms with Crippen molar-refractivity contribution in [3.63, 3.8) is 0 Å². The first kappa shape index (κ1) is 23.7. The number of carbonyl (C=O) groups is 1. The van der Waals surface area contributed by atoms with Gasteiger partial charge in [-0.3, -0.25) is 4.79 Å². The van der Waals surface area contributed by atoms with E-state index < -0.39 is 23.5 Å². The number of rotatable bonds is 7. The maximum atomic E-state index is 14.0. The minimum absolute atomic E-state index is 0.0922. The molecule has 0 amide bonds. The van der Waals surface area contributed by atoms with Gasteiger partial charge in [-0.2, -0.15) is 13.2 Å². The third kappa shape index (κ3) is 4.89. The number of ether oxygens (including phenoxy) is 1. The predicted molar refractivity (Wildman–Crippen MR) is 116 cm³/mol. The number of thiazole rings is 1. The highest BCUT2D eigenvalue weighted by Gasteiger charge is 2.34. The van der Waals surface area contributed by atoms with Gasteiger partial charge in [-0.25, -0.2) is 14.4 Å². The van der Waals surface area contributed by atoms with Gasteiger partial charge in [0.1, 0.15) is 28.7 Å². The lowest BCUT2D eigenvalue weighted by Crippen LogP contribution is -2.07. The molecule has 1 N–H and O–H groups in total. The minimum atomic E-state index is -4.76. The van der Waals surface area contributed by atoms with Crippen LogP contribution in [0.5, 0.6) is 5.75 Å². The van der Waals surface area contributed by atoms with Crippen molar-refractivity contribution in [2.75, 3.05) is 0 Å². The van der Waals surface area contributed by atoms with Gasteiger partial charge in [0.2, 0.25) is 0 Å². The van der Waals surface area contributed by atoms with E-state index in [1.165, 1.54) is 17.4 Å². The standard InChI is InChI=1S/C23H18F4N2O4S/c1-11-16(5-6-17-21(11)29-19(33-17)7-8-20(30)31)32-10-18-12(2)28-22(34-18)13-3-4-14(15(24)9-13)23(25,26)27/h3-6,9H,7-8,10H2,1-2H3,(H,30,31). The first-order valence-corrected chi connectivity index (χ1v) is 10.9. The molecule has 2 heterocycles. The van der Waals surface area contributed by atoms with Crippen LogP contribution in [0, 0.1) is 19.7 Å². The van der Waals surface area contributed by atoms with E-state index in [-0.39, 0.29) is 25.0 Å². The summed E-state index contributed by atoms with van der Waals surface area (Å²) in [6.07, 6.45) is -4.68. The van der Waals surface area contributed by atoms with Crippen LogP contribution in [0.1, 0.15) is 34.0 Å². The van der Waals surface area contributed by atoms with E-state index in [9.17, 15) is 22.4 Å². The normalized spacial score (nSPS) is 11.8. The molecule has 34 heavy (non-hydrogen) atoms. The number of fused-ring (bicyclic) bond motifs is 1. The Bertz CT molecular complexity index is 1380. The Morgan fingerprint density at radius 2 is 1.94 bits per heavy atom. The molecule has 0 saturated carbocycles. The quantitative estimate of drug-likeness (QED) is 0.303. The van der Waals surface area contributed by atoms with Crippen LogP contribution >= 0.6 is 11.3 Å². The molecule has 178 valence electrons. The van der Waals surface area contributed by atoms with E-state index in [1.54, 1.807) is 26.0 Å². The molecule has 0 aliphatic rings. The number of halogens is 4. The van der Waals surface area contributed by atoms with Crippen molar-refractivity contribution in [2.45, 2.75) is 39.5 Å². The fourth-order valence-electron chi connectivity index (χ4n) is 3.34.